The highest BCUT2D eigenvalue weighted by Crippen LogP contribution is 2.27. The van der Waals surface area contributed by atoms with Gasteiger partial charge >= 0.3 is 12.0 Å². The van der Waals surface area contributed by atoms with E-state index in [1.807, 2.05) is 12.1 Å². The summed E-state index contributed by atoms with van der Waals surface area (Å²) in [5.41, 5.74) is 1.00. The number of aliphatic carboxylic acids is 1. The Morgan fingerprint density at radius 3 is 2.26 bits per heavy atom. The highest BCUT2D eigenvalue weighted by molar-refractivity contribution is 6.39. The molecule has 31 heavy (non-hydrogen) atoms. The van der Waals surface area contributed by atoms with E-state index in [0.717, 1.165) is 5.56 Å². The van der Waals surface area contributed by atoms with Gasteiger partial charge in [0.05, 0.1) is 21.5 Å². The maximum absolute atomic E-state index is 12.5. The summed E-state index contributed by atoms with van der Waals surface area (Å²) in [6.45, 7) is 0. The summed E-state index contributed by atoms with van der Waals surface area (Å²) in [5, 5.41) is 9.92. The third-order valence-electron chi connectivity index (χ3n) is 4.38. The Hall–Kier alpha value is -3.22. The first-order valence-corrected chi connectivity index (χ1v) is 10.1. The molecule has 1 heterocycles. The predicted octanol–water partition coefficient (Wildman–Crippen LogP) is 5.95. The first kappa shape index (κ1) is 22.5. The Kier molecular flexibility index (Phi) is 7.76. The second-order valence-corrected chi connectivity index (χ2v) is 7.41. The molecular formula is C23H18Cl2N2O4. The summed E-state index contributed by atoms with van der Waals surface area (Å²) in [4.78, 5) is 32.1. The maximum atomic E-state index is 12.5. The van der Waals surface area contributed by atoms with Gasteiger partial charge in [-0.1, -0.05) is 53.6 Å². The fourth-order valence-corrected chi connectivity index (χ4v) is 3.43. The summed E-state index contributed by atoms with van der Waals surface area (Å²) < 4.78 is 5.53. The number of carboxylic acids is 1. The van der Waals surface area contributed by atoms with E-state index in [0.29, 0.717) is 5.75 Å². The number of carbonyl (C=O) groups excluding carboxylic acids is 1. The standard InChI is InChI=1S/C23H18Cl2N2O4/c24-18-6-2-7-19(25)21(18)20(28)14-16(22(29)30)5-1-4-15-8-10-17(11-9-15)31-23-26-12-3-13-27-23/h1-4,6-13,16H,5,14H2,(H,29,30)/b4-1+. The fourth-order valence-electron chi connectivity index (χ4n) is 2.82. The fraction of sp³-hybridized carbons (Fsp3) is 0.130. The number of carbonyl (C=O) groups is 2. The van der Waals surface area contributed by atoms with Crippen molar-refractivity contribution >= 4 is 41.0 Å². The summed E-state index contributed by atoms with van der Waals surface area (Å²) in [6, 6.07) is 13.8. The molecule has 1 atom stereocenters. The zero-order chi connectivity index (χ0) is 22.2. The van der Waals surface area contributed by atoms with Crippen molar-refractivity contribution in [3.63, 3.8) is 0 Å². The average Bonchev–Trinajstić information content (AvgIpc) is 2.75. The minimum Gasteiger partial charge on any atom is -0.481 e. The molecule has 0 aliphatic carbocycles. The van der Waals surface area contributed by atoms with E-state index in [4.69, 9.17) is 27.9 Å². The van der Waals surface area contributed by atoms with Gasteiger partial charge in [0, 0.05) is 18.8 Å². The van der Waals surface area contributed by atoms with Crippen molar-refractivity contribution in [2.24, 2.45) is 5.92 Å². The number of hydrogen-bond acceptors (Lipinski definition) is 5. The van der Waals surface area contributed by atoms with Gasteiger partial charge in [0.2, 0.25) is 0 Å². The van der Waals surface area contributed by atoms with Crippen molar-refractivity contribution in [1.29, 1.82) is 0 Å². The number of allylic oxidation sites excluding steroid dienone is 1. The monoisotopic (exact) mass is 456 g/mol. The molecule has 0 fully saturated rings. The van der Waals surface area contributed by atoms with E-state index in [2.05, 4.69) is 9.97 Å². The first-order chi connectivity index (χ1) is 14.9. The molecule has 0 aliphatic heterocycles. The van der Waals surface area contributed by atoms with Crippen LogP contribution in [0.5, 0.6) is 11.8 Å². The normalized spacial score (nSPS) is 11.9. The molecule has 0 amide bonds. The lowest BCUT2D eigenvalue weighted by atomic mass is 9.95. The zero-order valence-corrected chi connectivity index (χ0v) is 17.8. The van der Waals surface area contributed by atoms with Crippen molar-refractivity contribution in [3.05, 3.63) is 88.2 Å². The van der Waals surface area contributed by atoms with Crippen LogP contribution in [0.4, 0.5) is 0 Å². The highest BCUT2D eigenvalue weighted by Gasteiger charge is 2.23. The summed E-state index contributed by atoms with van der Waals surface area (Å²) in [5.74, 6) is -1.78. The molecule has 6 nitrogen and oxygen atoms in total. The van der Waals surface area contributed by atoms with Crippen molar-refractivity contribution in [1.82, 2.24) is 9.97 Å². The van der Waals surface area contributed by atoms with Crippen molar-refractivity contribution in [3.8, 4) is 11.8 Å². The molecule has 158 valence electrons. The zero-order valence-electron chi connectivity index (χ0n) is 16.2. The third kappa shape index (κ3) is 6.38. The Morgan fingerprint density at radius 2 is 1.65 bits per heavy atom. The number of Topliss-reactive ketones (excluding diaryl/α,β-unsaturated/α-hetero) is 1. The Balaban J connectivity index is 1.61. The van der Waals surface area contributed by atoms with Crippen LogP contribution < -0.4 is 4.74 Å². The number of rotatable bonds is 9. The van der Waals surface area contributed by atoms with Crippen LogP contribution in [-0.2, 0) is 4.79 Å². The molecule has 2 aromatic carbocycles. The number of nitrogens with zero attached hydrogens (tertiary/aromatic N) is 2. The van der Waals surface area contributed by atoms with Crippen molar-refractivity contribution in [2.75, 3.05) is 0 Å². The highest BCUT2D eigenvalue weighted by atomic mass is 35.5. The number of benzene rings is 2. The third-order valence-corrected chi connectivity index (χ3v) is 5.01. The molecular weight excluding hydrogens is 439 g/mol. The van der Waals surface area contributed by atoms with Crippen molar-refractivity contribution in [2.45, 2.75) is 12.8 Å². The van der Waals surface area contributed by atoms with Gasteiger partial charge in [-0.05, 0) is 42.3 Å². The van der Waals surface area contributed by atoms with E-state index in [9.17, 15) is 14.7 Å². The van der Waals surface area contributed by atoms with Crippen LogP contribution in [0.15, 0.2) is 67.0 Å². The van der Waals surface area contributed by atoms with Gasteiger partial charge < -0.3 is 9.84 Å². The molecule has 0 spiro atoms. The second kappa shape index (κ2) is 10.7. The van der Waals surface area contributed by atoms with Gasteiger partial charge in [-0.3, -0.25) is 9.59 Å². The van der Waals surface area contributed by atoms with Crippen LogP contribution in [0.25, 0.3) is 6.08 Å². The first-order valence-electron chi connectivity index (χ1n) is 9.35. The molecule has 0 saturated heterocycles. The molecule has 8 heteroatoms. The number of carboxylic acid groups (broad SMARTS) is 1. The van der Waals surface area contributed by atoms with E-state index in [-0.39, 0.29) is 34.5 Å². The van der Waals surface area contributed by atoms with Gasteiger partial charge in [0.15, 0.2) is 5.78 Å². The molecule has 0 saturated carbocycles. The van der Waals surface area contributed by atoms with Crippen LogP contribution in [0.1, 0.15) is 28.8 Å². The number of aromatic nitrogens is 2. The predicted molar refractivity (Wildman–Crippen MR) is 119 cm³/mol. The maximum Gasteiger partial charge on any atom is 0.321 e. The smallest absolute Gasteiger partial charge is 0.321 e. The van der Waals surface area contributed by atoms with Crippen LogP contribution in [0.2, 0.25) is 10.0 Å². The van der Waals surface area contributed by atoms with Gasteiger partial charge in [0.1, 0.15) is 5.75 Å². The van der Waals surface area contributed by atoms with Gasteiger partial charge in [-0.2, -0.15) is 0 Å². The summed E-state index contributed by atoms with van der Waals surface area (Å²) in [7, 11) is 0. The van der Waals surface area contributed by atoms with Crippen molar-refractivity contribution < 1.29 is 19.4 Å². The quantitative estimate of drug-likeness (QED) is 0.399. The van der Waals surface area contributed by atoms with Crippen LogP contribution in [0, 0.1) is 5.92 Å². The number of ketones is 1. The molecule has 0 radical (unpaired) electrons. The lowest BCUT2D eigenvalue weighted by Crippen LogP contribution is -2.18. The minimum atomic E-state index is -1.06. The summed E-state index contributed by atoms with van der Waals surface area (Å²) >= 11 is 12.1. The molecule has 0 bridgehead atoms. The van der Waals surface area contributed by atoms with E-state index in [1.165, 1.54) is 0 Å². The molecule has 3 rings (SSSR count). The number of hydrogen-bond donors (Lipinski definition) is 1. The van der Waals surface area contributed by atoms with E-state index in [1.54, 1.807) is 60.9 Å². The molecule has 1 unspecified atom stereocenters. The Bertz CT molecular complexity index is 1070. The molecule has 3 aromatic rings. The lowest BCUT2D eigenvalue weighted by Gasteiger charge is -2.11. The molecule has 0 aliphatic rings. The van der Waals surface area contributed by atoms with Crippen LogP contribution >= 0.6 is 23.2 Å². The van der Waals surface area contributed by atoms with Gasteiger partial charge in [-0.15, -0.1) is 0 Å². The Labute approximate surface area is 189 Å². The van der Waals surface area contributed by atoms with Crippen LogP contribution in [-0.4, -0.2) is 26.8 Å². The topological polar surface area (TPSA) is 89.4 Å². The van der Waals surface area contributed by atoms with Crippen LogP contribution in [0.3, 0.4) is 0 Å². The summed E-state index contributed by atoms with van der Waals surface area (Å²) in [6.07, 6.45) is 6.65. The minimum absolute atomic E-state index is 0.152. The second-order valence-electron chi connectivity index (χ2n) is 6.60. The van der Waals surface area contributed by atoms with E-state index < -0.39 is 17.7 Å². The average molecular weight is 457 g/mol. The Morgan fingerprint density at radius 1 is 1.00 bits per heavy atom. The SMILES string of the molecule is O=C(CC(C/C=C/c1ccc(Oc2ncccn2)cc1)C(=O)O)c1c(Cl)cccc1Cl. The number of halogens is 2. The van der Waals surface area contributed by atoms with E-state index >= 15 is 0 Å². The lowest BCUT2D eigenvalue weighted by molar-refractivity contribution is -0.141. The molecule has 1 aromatic heterocycles. The number of ether oxygens (including phenoxy) is 1. The van der Waals surface area contributed by atoms with Gasteiger partial charge in [-0.25, -0.2) is 9.97 Å². The largest absolute Gasteiger partial charge is 0.481 e. The van der Waals surface area contributed by atoms with Gasteiger partial charge in [0.25, 0.3) is 0 Å². The molecule has 1 N–H and O–H groups in total.